The molecule has 0 N–H and O–H groups in total. The fraction of sp³-hybridized carbons (Fsp3) is 0.250. The Morgan fingerprint density at radius 3 is 2.55 bits per heavy atom. The Bertz CT molecular complexity index is 1490. The van der Waals surface area contributed by atoms with Gasteiger partial charge in [0.2, 0.25) is 4.96 Å². The number of benzene rings is 1. The molecule has 3 aromatic heterocycles. The van der Waals surface area contributed by atoms with Gasteiger partial charge in [-0.15, -0.1) is 11.3 Å². The zero-order valence-electron chi connectivity index (χ0n) is 17.0. The fourth-order valence-corrected chi connectivity index (χ4v) is 7.58. The summed E-state index contributed by atoms with van der Waals surface area (Å²) >= 11 is 8.15. The minimum atomic E-state index is -3.56. The average molecular weight is 526 g/mol. The Kier molecular flexibility index (Phi) is 6.05. The van der Waals surface area contributed by atoms with Crippen molar-refractivity contribution in [3.8, 4) is 10.6 Å². The quantitative estimate of drug-likeness (QED) is 0.398. The van der Waals surface area contributed by atoms with Crippen molar-refractivity contribution in [2.75, 3.05) is 26.2 Å². The number of hydrogen-bond donors (Lipinski definition) is 0. The number of piperazine rings is 1. The van der Waals surface area contributed by atoms with Crippen molar-refractivity contribution in [1.29, 1.82) is 0 Å². The van der Waals surface area contributed by atoms with E-state index in [-0.39, 0.29) is 15.6 Å². The molecule has 0 atom stereocenters. The van der Waals surface area contributed by atoms with E-state index >= 15 is 0 Å². The highest BCUT2D eigenvalue weighted by Crippen LogP contribution is 2.29. The molecule has 0 aliphatic carbocycles. The minimum Gasteiger partial charge on any atom is -0.295 e. The van der Waals surface area contributed by atoms with E-state index in [1.807, 2.05) is 0 Å². The molecule has 0 saturated carbocycles. The lowest BCUT2D eigenvalue weighted by Gasteiger charge is -2.33. The van der Waals surface area contributed by atoms with Gasteiger partial charge in [0.1, 0.15) is 15.0 Å². The molecule has 5 rings (SSSR count). The summed E-state index contributed by atoms with van der Waals surface area (Å²) in [7, 11) is -3.56. The van der Waals surface area contributed by atoms with Gasteiger partial charge in [0.05, 0.1) is 10.0 Å². The van der Waals surface area contributed by atoms with Crippen LogP contribution in [0.3, 0.4) is 0 Å². The molecular weight excluding hydrogens is 509 g/mol. The first-order chi connectivity index (χ1) is 15.8. The number of aromatic nitrogens is 3. The minimum absolute atomic E-state index is 0.236. The van der Waals surface area contributed by atoms with Gasteiger partial charge in [-0.3, -0.25) is 9.69 Å². The summed E-state index contributed by atoms with van der Waals surface area (Å²) in [6.45, 7) is 2.11. The Labute approximate surface area is 201 Å². The number of fused-ring (bicyclic) bond motifs is 1. The van der Waals surface area contributed by atoms with E-state index in [9.17, 15) is 17.6 Å². The summed E-state index contributed by atoms with van der Waals surface area (Å²) in [5, 5.41) is 4.78. The Morgan fingerprint density at radius 1 is 1.06 bits per heavy atom. The highest BCUT2D eigenvalue weighted by atomic mass is 35.5. The molecule has 0 radical (unpaired) electrons. The topological polar surface area (TPSA) is 87.9 Å². The van der Waals surface area contributed by atoms with Gasteiger partial charge in [0.25, 0.3) is 15.6 Å². The maximum Gasteiger partial charge on any atom is 0.275 e. The van der Waals surface area contributed by atoms with Crippen molar-refractivity contribution in [1.82, 2.24) is 23.8 Å². The van der Waals surface area contributed by atoms with Crippen molar-refractivity contribution < 1.29 is 12.8 Å². The Morgan fingerprint density at radius 2 is 1.85 bits per heavy atom. The summed E-state index contributed by atoms with van der Waals surface area (Å²) in [5.74, 6) is -0.379. The SMILES string of the molecule is O=c1cc(CN2CCN(S(=O)(=O)c3ccc(Cl)s3)CC2)nc2sc(-c3cccc(F)c3)nn12. The lowest BCUT2D eigenvalue weighted by atomic mass is 10.2. The lowest BCUT2D eigenvalue weighted by molar-refractivity contribution is 0.180. The predicted octanol–water partition coefficient (Wildman–Crippen LogP) is 3.18. The Balaban J connectivity index is 1.30. The molecule has 0 unspecified atom stereocenters. The summed E-state index contributed by atoms with van der Waals surface area (Å²) in [6, 6.07) is 10.6. The largest absolute Gasteiger partial charge is 0.295 e. The summed E-state index contributed by atoms with van der Waals surface area (Å²) in [4.78, 5) is 19.6. The molecular formula is C20H17ClFN5O3S3. The summed E-state index contributed by atoms with van der Waals surface area (Å²) in [6.07, 6.45) is 0. The third-order valence-electron chi connectivity index (χ3n) is 5.23. The number of hydrogen-bond acceptors (Lipinski definition) is 8. The molecule has 4 aromatic rings. The molecule has 8 nitrogen and oxygen atoms in total. The van der Waals surface area contributed by atoms with Crippen LogP contribution in [0.4, 0.5) is 4.39 Å². The van der Waals surface area contributed by atoms with Crippen LogP contribution in [-0.4, -0.2) is 58.4 Å². The normalized spacial score (nSPS) is 15.9. The van der Waals surface area contributed by atoms with E-state index in [4.69, 9.17) is 11.6 Å². The molecule has 1 aromatic carbocycles. The van der Waals surface area contributed by atoms with Crippen LogP contribution in [0.2, 0.25) is 4.34 Å². The van der Waals surface area contributed by atoms with E-state index in [1.54, 1.807) is 18.2 Å². The molecule has 33 heavy (non-hydrogen) atoms. The van der Waals surface area contributed by atoms with E-state index in [1.165, 1.54) is 44.4 Å². The first kappa shape index (κ1) is 22.6. The van der Waals surface area contributed by atoms with Gasteiger partial charge < -0.3 is 0 Å². The molecule has 0 amide bonds. The van der Waals surface area contributed by atoms with Crippen LogP contribution >= 0.6 is 34.3 Å². The highest BCUT2D eigenvalue weighted by molar-refractivity contribution is 7.91. The van der Waals surface area contributed by atoms with E-state index in [0.717, 1.165) is 11.3 Å². The van der Waals surface area contributed by atoms with E-state index in [2.05, 4.69) is 15.0 Å². The highest BCUT2D eigenvalue weighted by Gasteiger charge is 2.30. The number of nitrogens with zero attached hydrogens (tertiary/aromatic N) is 5. The lowest BCUT2D eigenvalue weighted by Crippen LogP contribution is -2.48. The molecule has 0 spiro atoms. The molecule has 172 valence electrons. The average Bonchev–Trinajstić information content (AvgIpc) is 3.41. The van der Waals surface area contributed by atoms with Crippen LogP contribution in [0.5, 0.6) is 0 Å². The zero-order chi connectivity index (χ0) is 23.2. The smallest absolute Gasteiger partial charge is 0.275 e. The number of sulfonamides is 1. The van der Waals surface area contributed by atoms with Crippen molar-refractivity contribution >= 4 is 49.3 Å². The van der Waals surface area contributed by atoms with Crippen molar-refractivity contribution in [3.63, 3.8) is 0 Å². The second-order valence-corrected chi connectivity index (χ2v) is 12.3. The maximum absolute atomic E-state index is 13.6. The molecule has 4 heterocycles. The molecule has 1 saturated heterocycles. The van der Waals surface area contributed by atoms with Gasteiger partial charge in [-0.2, -0.15) is 13.9 Å². The van der Waals surface area contributed by atoms with Gasteiger partial charge in [-0.05, 0) is 24.3 Å². The predicted molar refractivity (Wildman–Crippen MR) is 126 cm³/mol. The molecule has 1 aliphatic rings. The number of rotatable bonds is 5. The molecule has 13 heteroatoms. The van der Waals surface area contributed by atoms with Crippen molar-refractivity contribution in [3.05, 3.63) is 68.7 Å². The number of thiophene rings is 1. The van der Waals surface area contributed by atoms with Crippen LogP contribution in [0.1, 0.15) is 5.69 Å². The van der Waals surface area contributed by atoms with Crippen LogP contribution < -0.4 is 5.56 Å². The van der Waals surface area contributed by atoms with E-state index < -0.39 is 10.0 Å². The fourth-order valence-electron chi connectivity index (χ4n) is 3.60. The van der Waals surface area contributed by atoms with Gasteiger partial charge in [-0.25, -0.2) is 17.8 Å². The molecule has 1 aliphatic heterocycles. The van der Waals surface area contributed by atoms with Crippen molar-refractivity contribution in [2.45, 2.75) is 10.8 Å². The van der Waals surface area contributed by atoms with Crippen LogP contribution in [-0.2, 0) is 16.6 Å². The molecule has 1 fully saturated rings. The first-order valence-corrected chi connectivity index (χ1v) is 13.4. The van der Waals surface area contributed by atoms with Gasteiger partial charge >= 0.3 is 0 Å². The van der Waals surface area contributed by atoms with Gasteiger partial charge in [-0.1, -0.05) is 35.1 Å². The number of halogens is 2. The summed E-state index contributed by atoms with van der Waals surface area (Å²) in [5.41, 5.74) is 0.844. The van der Waals surface area contributed by atoms with Gasteiger partial charge in [0, 0.05) is 44.4 Å². The van der Waals surface area contributed by atoms with Gasteiger partial charge in [0.15, 0.2) is 0 Å². The second kappa shape index (κ2) is 8.85. The van der Waals surface area contributed by atoms with Crippen LogP contribution in [0, 0.1) is 5.82 Å². The Hall–Kier alpha value is -2.22. The summed E-state index contributed by atoms with van der Waals surface area (Å²) < 4.78 is 42.4. The third-order valence-corrected chi connectivity index (χ3v) is 9.78. The monoisotopic (exact) mass is 525 g/mol. The zero-order valence-corrected chi connectivity index (χ0v) is 20.2. The second-order valence-electron chi connectivity index (χ2n) is 7.44. The van der Waals surface area contributed by atoms with E-state index in [0.29, 0.717) is 58.3 Å². The third kappa shape index (κ3) is 4.59. The molecule has 0 bridgehead atoms. The maximum atomic E-state index is 13.6. The first-order valence-electron chi connectivity index (χ1n) is 9.93. The van der Waals surface area contributed by atoms with Crippen molar-refractivity contribution in [2.24, 2.45) is 0 Å². The standard InChI is InChI=1S/C20H17ClFN5O3S3/c21-16-4-5-18(31-16)33(29,30)26-8-6-25(7-9-26)12-15-11-17(28)27-20(23-15)32-19(24-27)13-2-1-3-14(22)10-13/h1-5,10-11H,6-9,12H2. The van der Waals surface area contributed by atoms with Crippen LogP contribution in [0.15, 0.2) is 51.5 Å². The van der Waals surface area contributed by atoms with Crippen LogP contribution in [0.25, 0.3) is 15.5 Å².